The number of hydrogen-bond donors (Lipinski definition) is 1. The molecule has 1 heterocycles. The van der Waals surface area contributed by atoms with Crippen molar-refractivity contribution in [3.63, 3.8) is 0 Å². The van der Waals surface area contributed by atoms with Gasteiger partial charge in [-0.05, 0) is 32.0 Å². The van der Waals surface area contributed by atoms with Crippen LogP contribution in [0.25, 0.3) is 0 Å². The third kappa shape index (κ3) is 3.95. The van der Waals surface area contributed by atoms with Gasteiger partial charge >= 0.3 is 0 Å². The third-order valence-corrected chi connectivity index (χ3v) is 4.07. The molecule has 2 rings (SSSR count). The van der Waals surface area contributed by atoms with Crippen molar-refractivity contribution in [1.29, 1.82) is 0 Å². The zero-order chi connectivity index (χ0) is 13.7. The van der Waals surface area contributed by atoms with E-state index in [1.54, 1.807) is 0 Å². The Kier molecular flexibility index (Phi) is 5.23. The number of nitrogens with one attached hydrogen (secondary N) is 1. The number of ether oxygens (including phenoxy) is 1. The van der Waals surface area contributed by atoms with E-state index in [0.29, 0.717) is 12.1 Å². The molecule has 1 aromatic rings. The average Bonchev–Trinajstić information content (AvgIpc) is 2.85. The molecule has 0 spiro atoms. The molecule has 0 radical (unpaired) electrons. The lowest BCUT2D eigenvalue weighted by Gasteiger charge is -2.23. The molecule has 1 aliphatic heterocycles. The van der Waals surface area contributed by atoms with Crippen molar-refractivity contribution in [1.82, 2.24) is 10.2 Å². The van der Waals surface area contributed by atoms with Crippen LogP contribution in [0.3, 0.4) is 0 Å². The van der Waals surface area contributed by atoms with Gasteiger partial charge < -0.3 is 15.0 Å². The van der Waals surface area contributed by atoms with E-state index >= 15 is 0 Å². The first-order valence-corrected chi connectivity index (χ1v) is 7.36. The SMILES string of the molecule is CCC(C)N(C)CCNCC1Cc2ccccc2O1. The lowest BCUT2D eigenvalue weighted by molar-refractivity contribution is 0.216. The first-order chi connectivity index (χ1) is 9.20. The minimum Gasteiger partial charge on any atom is -0.488 e. The second-order valence-electron chi connectivity index (χ2n) is 5.49. The molecule has 1 aliphatic rings. The standard InChI is InChI=1S/C16H26N2O/c1-4-13(2)18(3)10-9-17-12-15-11-14-7-5-6-8-16(14)19-15/h5-8,13,15,17H,4,9-12H2,1-3H3. The molecular formula is C16H26N2O. The molecule has 0 aromatic heterocycles. The van der Waals surface area contributed by atoms with Crippen LogP contribution < -0.4 is 10.1 Å². The quantitative estimate of drug-likeness (QED) is 0.763. The molecule has 2 atom stereocenters. The highest BCUT2D eigenvalue weighted by Crippen LogP contribution is 2.27. The van der Waals surface area contributed by atoms with Gasteiger partial charge in [-0.2, -0.15) is 0 Å². The van der Waals surface area contributed by atoms with Crippen LogP contribution in [0.5, 0.6) is 5.75 Å². The van der Waals surface area contributed by atoms with Gasteiger partial charge in [0.05, 0.1) is 0 Å². The number of para-hydroxylation sites is 1. The normalized spacial score (nSPS) is 19.3. The summed E-state index contributed by atoms with van der Waals surface area (Å²) in [5, 5.41) is 3.51. The molecule has 0 aliphatic carbocycles. The summed E-state index contributed by atoms with van der Waals surface area (Å²) < 4.78 is 5.91. The number of rotatable bonds is 7. The van der Waals surface area contributed by atoms with Crippen LogP contribution in [0.1, 0.15) is 25.8 Å². The lowest BCUT2D eigenvalue weighted by Crippen LogP contribution is -2.38. The molecular weight excluding hydrogens is 236 g/mol. The molecule has 1 N–H and O–H groups in total. The summed E-state index contributed by atoms with van der Waals surface area (Å²) in [7, 11) is 2.19. The Balaban J connectivity index is 1.63. The van der Waals surface area contributed by atoms with Crippen molar-refractivity contribution in [3.05, 3.63) is 29.8 Å². The molecule has 3 heteroatoms. The van der Waals surface area contributed by atoms with Crippen molar-refractivity contribution >= 4 is 0 Å². The Morgan fingerprint density at radius 1 is 1.42 bits per heavy atom. The number of fused-ring (bicyclic) bond motifs is 1. The van der Waals surface area contributed by atoms with Gasteiger partial charge in [-0.1, -0.05) is 25.1 Å². The number of benzene rings is 1. The fourth-order valence-electron chi connectivity index (χ4n) is 2.42. The van der Waals surface area contributed by atoms with Crippen LogP contribution in [0, 0.1) is 0 Å². The molecule has 1 aromatic carbocycles. The van der Waals surface area contributed by atoms with Crippen LogP contribution in [0.15, 0.2) is 24.3 Å². The molecule has 3 nitrogen and oxygen atoms in total. The summed E-state index contributed by atoms with van der Waals surface area (Å²) in [6.45, 7) is 7.56. The highest BCUT2D eigenvalue weighted by Gasteiger charge is 2.21. The van der Waals surface area contributed by atoms with E-state index in [4.69, 9.17) is 4.74 Å². The van der Waals surface area contributed by atoms with Crippen LogP contribution >= 0.6 is 0 Å². The minimum absolute atomic E-state index is 0.298. The molecule has 0 saturated carbocycles. The van der Waals surface area contributed by atoms with Gasteiger partial charge in [0.25, 0.3) is 0 Å². The zero-order valence-corrected chi connectivity index (χ0v) is 12.4. The Morgan fingerprint density at radius 2 is 2.21 bits per heavy atom. The summed E-state index contributed by atoms with van der Waals surface area (Å²) in [6.07, 6.45) is 2.54. The van der Waals surface area contributed by atoms with E-state index in [-0.39, 0.29) is 0 Å². The minimum atomic E-state index is 0.298. The second kappa shape index (κ2) is 6.92. The van der Waals surface area contributed by atoms with Gasteiger partial charge in [-0.3, -0.25) is 0 Å². The number of likely N-dealkylation sites (N-methyl/N-ethyl adjacent to an activating group) is 1. The highest BCUT2D eigenvalue weighted by atomic mass is 16.5. The van der Waals surface area contributed by atoms with Crippen molar-refractivity contribution < 1.29 is 4.74 Å². The van der Waals surface area contributed by atoms with E-state index in [9.17, 15) is 0 Å². The van der Waals surface area contributed by atoms with E-state index in [0.717, 1.165) is 31.8 Å². The van der Waals surface area contributed by atoms with Gasteiger partial charge in [-0.15, -0.1) is 0 Å². The number of nitrogens with zero attached hydrogens (tertiary/aromatic N) is 1. The van der Waals surface area contributed by atoms with Crippen molar-refractivity contribution in [2.75, 3.05) is 26.7 Å². The highest BCUT2D eigenvalue weighted by molar-refractivity contribution is 5.37. The van der Waals surface area contributed by atoms with Gasteiger partial charge in [0.15, 0.2) is 0 Å². The Bertz CT molecular complexity index is 369. The van der Waals surface area contributed by atoms with Crippen LogP contribution in [-0.2, 0) is 6.42 Å². The maximum Gasteiger partial charge on any atom is 0.123 e. The Morgan fingerprint density at radius 3 is 2.95 bits per heavy atom. The zero-order valence-electron chi connectivity index (χ0n) is 12.4. The van der Waals surface area contributed by atoms with Crippen LogP contribution in [0.4, 0.5) is 0 Å². The molecule has 0 bridgehead atoms. The maximum atomic E-state index is 5.91. The lowest BCUT2D eigenvalue weighted by atomic mass is 10.1. The largest absolute Gasteiger partial charge is 0.488 e. The van der Waals surface area contributed by atoms with Crippen molar-refractivity contribution in [3.8, 4) is 5.75 Å². The predicted octanol–water partition coefficient (Wildman–Crippen LogP) is 2.31. The Labute approximate surface area is 116 Å². The maximum absolute atomic E-state index is 5.91. The van der Waals surface area contributed by atoms with E-state index < -0.39 is 0 Å². The third-order valence-electron chi connectivity index (χ3n) is 4.07. The van der Waals surface area contributed by atoms with Crippen molar-refractivity contribution in [2.45, 2.75) is 38.8 Å². The molecule has 19 heavy (non-hydrogen) atoms. The van der Waals surface area contributed by atoms with Crippen LogP contribution in [-0.4, -0.2) is 43.7 Å². The van der Waals surface area contributed by atoms with Gasteiger partial charge in [-0.25, -0.2) is 0 Å². The molecule has 106 valence electrons. The van der Waals surface area contributed by atoms with Gasteiger partial charge in [0, 0.05) is 32.1 Å². The summed E-state index contributed by atoms with van der Waals surface area (Å²) >= 11 is 0. The van der Waals surface area contributed by atoms with Gasteiger partial charge in [0.1, 0.15) is 11.9 Å². The smallest absolute Gasteiger partial charge is 0.123 e. The van der Waals surface area contributed by atoms with Gasteiger partial charge in [0.2, 0.25) is 0 Å². The average molecular weight is 262 g/mol. The second-order valence-corrected chi connectivity index (χ2v) is 5.49. The van der Waals surface area contributed by atoms with E-state index in [1.165, 1.54) is 12.0 Å². The fourth-order valence-corrected chi connectivity index (χ4v) is 2.42. The summed E-state index contributed by atoms with van der Waals surface area (Å²) in [4.78, 5) is 2.40. The monoisotopic (exact) mass is 262 g/mol. The topological polar surface area (TPSA) is 24.5 Å². The molecule has 0 saturated heterocycles. The Hall–Kier alpha value is -1.06. The predicted molar refractivity (Wildman–Crippen MR) is 79.8 cm³/mol. The van der Waals surface area contributed by atoms with E-state index in [1.807, 2.05) is 6.07 Å². The number of hydrogen-bond acceptors (Lipinski definition) is 3. The summed E-state index contributed by atoms with van der Waals surface area (Å²) in [5.74, 6) is 1.06. The van der Waals surface area contributed by atoms with Crippen molar-refractivity contribution in [2.24, 2.45) is 0 Å². The molecule has 0 amide bonds. The fraction of sp³-hybridized carbons (Fsp3) is 0.625. The van der Waals surface area contributed by atoms with Crippen LogP contribution in [0.2, 0.25) is 0 Å². The molecule has 2 unspecified atom stereocenters. The summed E-state index contributed by atoms with van der Waals surface area (Å²) in [6, 6.07) is 9.00. The molecule has 0 fully saturated rings. The first kappa shape index (κ1) is 14.4. The summed E-state index contributed by atoms with van der Waals surface area (Å²) in [5.41, 5.74) is 1.34. The van der Waals surface area contributed by atoms with E-state index in [2.05, 4.69) is 49.3 Å². The first-order valence-electron chi connectivity index (χ1n) is 7.36.